The third-order valence-corrected chi connectivity index (χ3v) is 6.16. The Bertz CT molecular complexity index is 1640. The lowest BCUT2D eigenvalue weighted by atomic mass is 10.0. The van der Waals surface area contributed by atoms with Crippen LogP contribution in [0.4, 0.5) is 0 Å². The summed E-state index contributed by atoms with van der Waals surface area (Å²) in [5, 5.41) is 11.8. The highest BCUT2D eigenvalue weighted by Crippen LogP contribution is 2.28. The number of fused-ring (bicyclic) bond motifs is 3. The van der Waals surface area contributed by atoms with Gasteiger partial charge in [0.25, 0.3) is 5.56 Å². The molecule has 36 heavy (non-hydrogen) atoms. The monoisotopic (exact) mass is 479 g/mol. The maximum absolute atomic E-state index is 14.3. The van der Waals surface area contributed by atoms with Gasteiger partial charge in [-0.2, -0.15) is 0 Å². The van der Waals surface area contributed by atoms with Crippen molar-refractivity contribution in [3.8, 4) is 11.3 Å². The summed E-state index contributed by atoms with van der Waals surface area (Å²) in [6.45, 7) is 9.77. The predicted octanol–water partition coefficient (Wildman–Crippen LogP) is 4.83. The summed E-state index contributed by atoms with van der Waals surface area (Å²) in [4.78, 5) is 28.1. The SMILES string of the molecule is Cc1ccc(C(C(=O)NC(C)(C)C)n2c(=O)c3c(-c4ccccc4)nnn3c3cc(C)ccc32)cc1. The van der Waals surface area contributed by atoms with Crippen LogP contribution in [0, 0.1) is 13.8 Å². The van der Waals surface area contributed by atoms with Crippen LogP contribution in [0.1, 0.15) is 43.5 Å². The van der Waals surface area contributed by atoms with Crippen LogP contribution in [-0.2, 0) is 4.79 Å². The lowest BCUT2D eigenvalue weighted by Gasteiger charge is -2.27. The molecule has 5 rings (SSSR count). The van der Waals surface area contributed by atoms with E-state index in [1.54, 1.807) is 9.08 Å². The number of carbonyl (C=O) groups excluding carboxylic acids is 1. The highest BCUT2D eigenvalue weighted by molar-refractivity contribution is 5.89. The molecule has 5 aromatic rings. The quantitative estimate of drug-likeness (QED) is 0.400. The second-order valence-corrected chi connectivity index (χ2v) is 10.3. The van der Waals surface area contributed by atoms with Crippen LogP contribution in [0.2, 0.25) is 0 Å². The number of nitrogens with zero attached hydrogens (tertiary/aromatic N) is 4. The summed E-state index contributed by atoms with van der Waals surface area (Å²) < 4.78 is 3.18. The normalized spacial score (nSPS) is 12.7. The number of nitrogens with one attached hydrogen (secondary N) is 1. The van der Waals surface area contributed by atoms with Gasteiger partial charge in [0.15, 0.2) is 5.52 Å². The molecule has 3 aromatic carbocycles. The number of carbonyl (C=O) groups is 1. The predicted molar refractivity (Wildman–Crippen MR) is 142 cm³/mol. The van der Waals surface area contributed by atoms with Crippen molar-refractivity contribution < 1.29 is 4.79 Å². The minimum Gasteiger partial charge on any atom is -0.349 e. The molecule has 0 aliphatic heterocycles. The molecular formula is C29H29N5O2. The Labute approximate surface area is 209 Å². The molecule has 0 saturated heterocycles. The molecule has 7 nitrogen and oxygen atoms in total. The lowest BCUT2D eigenvalue weighted by molar-refractivity contribution is -0.124. The third kappa shape index (κ3) is 4.17. The van der Waals surface area contributed by atoms with Crippen molar-refractivity contribution in [1.29, 1.82) is 0 Å². The van der Waals surface area contributed by atoms with E-state index >= 15 is 0 Å². The molecule has 0 fully saturated rings. The second-order valence-electron chi connectivity index (χ2n) is 10.3. The van der Waals surface area contributed by atoms with Gasteiger partial charge in [-0.05, 0) is 57.9 Å². The van der Waals surface area contributed by atoms with E-state index in [0.717, 1.165) is 22.3 Å². The number of amides is 1. The topological polar surface area (TPSA) is 81.3 Å². The van der Waals surface area contributed by atoms with Gasteiger partial charge in [-0.25, -0.2) is 4.52 Å². The van der Waals surface area contributed by atoms with Gasteiger partial charge in [-0.15, -0.1) is 5.10 Å². The van der Waals surface area contributed by atoms with Crippen LogP contribution in [0.3, 0.4) is 0 Å². The Morgan fingerprint density at radius 3 is 2.22 bits per heavy atom. The fraction of sp³-hybridized carbons (Fsp3) is 0.241. The Hall–Kier alpha value is -4.26. The van der Waals surface area contributed by atoms with Crippen LogP contribution in [-0.4, -0.2) is 30.8 Å². The number of hydrogen-bond acceptors (Lipinski definition) is 4. The molecule has 0 bridgehead atoms. The van der Waals surface area contributed by atoms with Gasteiger partial charge in [-0.3, -0.25) is 14.2 Å². The van der Waals surface area contributed by atoms with E-state index in [4.69, 9.17) is 0 Å². The highest BCUT2D eigenvalue weighted by atomic mass is 16.2. The minimum atomic E-state index is -0.883. The van der Waals surface area contributed by atoms with Gasteiger partial charge in [0.2, 0.25) is 5.91 Å². The molecule has 1 atom stereocenters. The van der Waals surface area contributed by atoms with E-state index in [9.17, 15) is 9.59 Å². The summed E-state index contributed by atoms with van der Waals surface area (Å²) in [5.41, 5.74) is 4.92. The first kappa shape index (κ1) is 23.5. The van der Waals surface area contributed by atoms with Gasteiger partial charge < -0.3 is 5.32 Å². The highest BCUT2D eigenvalue weighted by Gasteiger charge is 2.30. The summed E-state index contributed by atoms with van der Waals surface area (Å²) >= 11 is 0. The summed E-state index contributed by atoms with van der Waals surface area (Å²) in [7, 11) is 0. The van der Waals surface area contributed by atoms with E-state index in [2.05, 4.69) is 15.6 Å². The first-order chi connectivity index (χ1) is 17.1. The molecule has 2 heterocycles. The number of aromatic nitrogens is 4. The van der Waals surface area contributed by atoms with Crippen LogP contribution in [0.15, 0.2) is 77.6 Å². The minimum absolute atomic E-state index is 0.256. The fourth-order valence-electron chi connectivity index (χ4n) is 4.52. The van der Waals surface area contributed by atoms with E-state index in [0.29, 0.717) is 22.2 Å². The third-order valence-electron chi connectivity index (χ3n) is 6.16. The molecule has 0 spiro atoms. The molecule has 7 heteroatoms. The molecular weight excluding hydrogens is 450 g/mol. The summed E-state index contributed by atoms with van der Waals surface area (Å²) in [6, 6.07) is 22.1. The standard InChI is InChI=1S/C29H29N5O2/c1-18-11-14-21(15-12-18)25(27(35)30-29(3,4)5)33-22-16-13-19(2)17-23(22)34-26(28(33)36)24(31-32-34)20-9-7-6-8-10-20/h6-17,25H,1-5H3,(H,30,35). The summed E-state index contributed by atoms with van der Waals surface area (Å²) in [6.07, 6.45) is 0. The zero-order valence-electron chi connectivity index (χ0n) is 21.1. The van der Waals surface area contributed by atoms with E-state index < -0.39 is 11.6 Å². The maximum Gasteiger partial charge on any atom is 0.280 e. The molecule has 0 aliphatic carbocycles. The molecule has 1 unspecified atom stereocenters. The molecule has 182 valence electrons. The fourth-order valence-corrected chi connectivity index (χ4v) is 4.52. The van der Waals surface area contributed by atoms with Gasteiger partial charge >= 0.3 is 0 Å². The van der Waals surface area contributed by atoms with Crippen molar-refractivity contribution in [2.24, 2.45) is 0 Å². The van der Waals surface area contributed by atoms with Crippen LogP contribution in [0.5, 0.6) is 0 Å². The van der Waals surface area contributed by atoms with Gasteiger partial charge in [0.05, 0.1) is 11.0 Å². The Morgan fingerprint density at radius 1 is 0.889 bits per heavy atom. The van der Waals surface area contributed by atoms with Crippen molar-refractivity contribution in [2.45, 2.75) is 46.2 Å². The zero-order valence-corrected chi connectivity index (χ0v) is 21.1. The van der Waals surface area contributed by atoms with E-state index in [1.807, 2.05) is 107 Å². The molecule has 0 radical (unpaired) electrons. The molecule has 1 amide bonds. The lowest BCUT2D eigenvalue weighted by Crippen LogP contribution is -2.46. The number of hydrogen-bond donors (Lipinski definition) is 1. The first-order valence-electron chi connectivity index (χ1n) is 12.0. The Kier molecular flexibility index (Phi) is 5.71. The van der Waals surface area contributed by atoms with Crippen molar-refractivity contribution in [3.05, 3.63) is 99.8 Å². The van der Waals surface area contributed by atoms with Crippen molar-refractivity contribution in [2.75, 3.05) is 0 Å². The van der Waals surface area contributed by atoms with Gasteiger partial charge in [-0.1, -0.05) is 71.4 Å². The van der Waals surface area contributed by atoms with Crippen LogP contribution < -0.4 is 10.9 Å². The van der Waals surface area contributed by atoms with Crippen molar-refractivity contribution >= 4 is 22.5 Å². The molecule has 0 saturated carbocycles. The maximum atomic E-state index is 14.3. The molecule has 0 aliphatic rings. The second kappa shape index (κ2) is 8.75. The first-order valence-corrected chi connectivity index (χ1v) is 12.0. The van der Waals surface area contributed by atoms with Crippen molar-refractivity contribution in [3.63, 3.8) is 0 Å². The largest absolute Gasteiger partial charge is 0.349 e. The van der Waals surface area contributed by atoms with E-state index in [-0.39, 0.29) is 11.5 Å². The Balaban J connectivity index is 1.89. The average molecular weight is 480 g/mol. The summed E-state index contributed by atoms with van der Waals surface area (Å²) in [5.74, 6) is -0.256. The smallest absolute Gasteiger partial charge is 0.280 e. The van der Waals surface area contributed by atoms with E-state index in [1.165, 1.54) is 0 Å². The zero-order chi connectivity index (χ0) is 25.6. The van der Waals surface area contributed by atoms with Crippen molar-refractivity contribution in [1.82, 2.24) is 24.7 Å². The number of aryl methyl sites for hydroxylation is 2. The average Bonchev–Trinajstić information content (AvgIpc) is 3.28. The number of benzene rings is 3. The molecule has 2 aromatic heterocycles. The van der Waals surface area contributed by atoms with Gasteiger partial charge in [0.1, 0.15) is 11.7 Å². The van der Waals surface area contributed by atoms with Gasteiger partial charge in [0, 0.05) is 11.1 Å². The van der Waals surface area contributed by atoms with Crippen LogP contribution >= 0.6 is 0 Å². The Morgan fingerprint density at radius 2 is 1.56 bits per heavy atom. The van der Waals surface area contributed by atoms with Crippen LogP contribution in [0.25, 0.3) is 27.8 Å². The number of rotatable bonds is 4. The molecule has 1 N–H and O–H groups in total.